The normalized spacial score (nSPS) is 11.5. The first-order chi connectivity index (χ1) is 11.5. The number of hydrogen-bond acceptors (Lipinski definition) is 5. The van der Waals surface area contributed by atoms with E-state index in [1.54, 1.807) is 0 Å². The van der Waals surface area contributed by atoms with Crippen molar-refractivity contribution in [3.8, 4) is 5.69 Å². The van der Waals surface area contributed by atoms with E-state index in [2.05, 4.69) is 19.8 Å². The summed E-state index contributed by atoms with van der Waals surface area (Å²) in [6.45, 7) is -0.0924. The highest BCUT2D eigenvalue weighted by atomic mass is 32.2. The van der Waals surface area contributed by atoms with Crippen LogP contribution in [0.25, 0.3) is 5.69 Å². The van der Waals surface area contributed by atoms with Gasteiger partial charge in [0, 0.05) is 6.20 Å². The predicted octanol–water partition coefficient (Wildman–Crippen LogP) is 0.772. The molecule has 9 nitrogen and oxygen atoms in total. The Morgan fingerprint density at radius 1 is 1.29 bits per heavy atom. The maximum absolute atomic E-state index is 12.2. The number of sulfonamides is 1. The molecule has 0 aliphatic heterocycles. The Balaban J connectivity index is 1.78. The maximum atomic E-state index is 12.2. The van der Waals surface area contributed by atoms with Crippen LogP contribution in [0, 0.1) is 0 Å². The van der Waals surface area contributed by atoms with Crippen molar-refractivity contribution in [1.29, 1.82) is 0 Å². The summed E-state index contributed by atoms with van der Waals surface area (Å²) in [5, 5.41) is 12.9. The summed E-state index contributed by atoms with van der Waals surface area (Å²) in [6.07, 6.45) is 2.45. The van der Waals surface area contributed by atoms with E-state index >= 15 is 0 Å². The van der Waals surface area contributed by atoms with E-state index in [1.807, 2.05) is 30.3 Å². The molecule has 3 N–H and O–H groups in total. The van der Waals surface area contributed by atoms with Crippen LogP contribution < -0.4 is 4.72 Å². The molecule has 0 fully saturated rings. The Morgan fingerprint density at radius 3 is 2.71 bits per heavy atom. The molecule has 0 aliphatic carbocycles. The van der Waals surface area contributed by atoms with E-state index in [0.717, 1.165) is 18.0 Å². The second kappa shape index (κ2) is 6.26. The zero-order valence-electron chi connectivity index (χ0n) is 12.2. The lowest BCUT2D eigenvalue weighted by Gasteiger charge is -2.07. The third-order valence-corrected chi connectivity index (χ3v) is 4.62. The Morgan fingerprint density at radius 2 is 2.04 bits per heavy atom. The summed E-state index contributed by atoms with van der Waals surface area (Å²) in [6, 6.07) is 10.2. The molecule has 0 amide bonds. The first-order valence-electron chi connectivity index (χ1n) is 6.83. The quantitative estimate of drug-likeness (QED) is 0.604. The lowest BCUT2D eigenvalue weighted by atomic mass is 10.3. The molecular weight excluding hydrogens is 334 g/mol. The lowest BCUT2D eigenvalue weighted by Crippen LogP contribution is -2.24. The number of hydrogen-bond donors (Lipinski definition) is 3. The number of aromatic nitrogens is 4. The zero-order valence-corrected chi connectivity index (χ0v) is 13.1. The molecule has 0 radical (unpaired) electrons. The number of nitrogens with one attached hydrogen (secondary N) is 2. The van der Waals surface area contributed by atoms with Crippen LogP contribution in [0.4, 0.5) is 0 Å². The van der Waals surface area contributed by atoms with E-state index < -0.39 is 16.0 Å². The second-order valence-electron chi connectivity index (χ2n) is 4.80. The van der Waals surface area contributed by atoms with E-state index in [4.69, 9.17) is 5.11 Å². The fraction of sp³-hybridized carbons (Fsp3) is 0.0714. The van der Waals surface area contributed by atoms with Gasteiger partial charge >= 0.3 is 5.97 Å². The van der Waals surface area contributed by atoms with Gasteiger partial charge in [-0.15, -0.1) is 0 Å². The van der Waals surface area contributed by atoms with E-state index in [1.165, 1.54) is 11.0 Å². The van der Waals surface area contributed by atoms with E-state index in [9.17, 15) is 13.2 Å². The molecule has 2 heterocycles. The summed E-state index contributed by atoms with van der Waals surface area (Å²) in [5.74, 6) is -0.834. The zero-order chi connectivity index (χ0) is 17.2. The van der Waals surface area contributed by atoms with Gasteiger partial charge in [-0.1, -0.05) is 18.2 Å². The van der Waals surface area contributed by atoms with Gasteiger partial charge in [-0.2, -0.15) is 5.10 Å². The fourth-order valence-corrected chi connectivity index (χ4v) is 3.04. The molecule has 10 heteroatoms. The van der Waals surface area contributed by atoms with Crippen molar-refractivity contribution < 1.29 is 18.3 Å². The molecule has 0 spiro atoms. The Hall–Kier alpha value is -2.98. The predicted molar refractivity (Wildman–Crippen MR) is 83.1 cm³/mol. The number of para-hydroxylation sites is 1. The first-order valence-corrected chi connectivity index (χ1v) is 8.31. The van der Waals surface area contributed by atoms with Crippen LogP contribution in [0.2, 0.25) is 0 Å². The topological polar surface area (TPSA) is 130 Å². The minimum Gasteiger partial charge on any atom is -0.477 e. The number of rotatable bonds is 6. The molecule has 0 unspecified atom stereocenters. The van der Waals surface area contributed by atoms with Crippen LogP contribution in [0.5, 0.6) is 0 Å². The van der Waals surface area contributed by atoms with Crippen LogP contribution in [0.15, 0.2) is 53.8 Å². The summed E-state index contributed by atoms with van der Waals surface area (Å²) >= 11 is 0. The van der Waals surface area contributed by atoms with E-state index in [0.29, 0.717) is 5.82 Å². The molecule has 0 aliphatic rings. The minimum atomic E-state index is -3.87. The molecule has 0 bridgehead atoms. The Labute approximate surface area is 137 Å². The monoisotopic (exact) mass is 347 g/mol. The summed E-state index contributed by atoms with van der Waals surface area (Å²) in [5.41, 5.74) is 0.543. The van der Waals surface area contributed by atoms with Gasteiger partial charge in [-0.25, -0.2) is 27.6 Å². The molecule has 3 rings (SSSR count). The highest BCUT2D eigenvalue weighted by molar-refractivity contribution is 7.89. The van der Waals surface area contributed by atoms with Crippen molar-refractivity contribution in [1.82, 2.24) is 24.5 Å². The van der Waals surface area contributed by atoms with Crippen LogP contribution in [-0.4, -0.2) is 39.2 Å². The smallest absolute Gasteiger partial charge is 0.352 e. The number of nitrogens with zero attached hydrogens (tertiary/aromatic N) is 3. The number of aromatic carboxylic acids is 1. The second-order valence-corrected chi connectivity index (χ2v) is 6.57. The molecule has 3 aromatic rings. The maximum Gasteiger partial charge on any atom is 0.352 e. The van der Waals surface area contributed by atoms with Crippen molar-refractivity contribution in [2.45, 2.75) is 11.4 Å². The van der Waals surface area contributed by atoms with Crippen molar-refractivity contribution in [2.75, 3.05) is 0 Å². The SMILES string of the molecule is O=C(O)c1cc(S(=O)(=O)NCc2ncnn2-c2ccccc2)c[nH]1. The van der Waals surface area contributed by atoms with Crippen LogP contribution in [-0.2, 0) is 16.6 Å². The molecule has 0 saturated carbocycles. The average molecular weight is 347 g/mol. The van der Waals surface area contributed by atoms with Crippen LogP contribution >= 0.6 is 0 Å². The van der Waals surface area contributed by atoms with Crippen molar-refractivity contribution in [3.05, 3.63) is 60.4 Å². The molecule has 124 valence electrons. The van der Waals surface area contributed by atoms with Gasteiger partial charge in [0.25, 0.3) is 0 Å². The third-order valence-electron chi connectivity index (χ3n) is 3.24. The molecule has 24 heavy (non-hydrogen) atoms. The van der Waals surface area contributed by atoms with Gasteiger partial charge in [0.1, 0.15) is 22.7 Å². The van der Waals surface area contributed by atoms with Gasteiger partial charge in [-0.3, -0.25) is 0 Å². The van der Waals surface area contributed by atoms with Crippen molar-refractivity contribution in [3.63, 3.8) is 0 Å². The largest absolute Gasteiger partial charge is 0.477 e. The van der Waals surface area contributed by atoms with Gasteiger partial charge in [0.15, 0.2) is 0 Å². The Kier molecular flexibility index (Phi) is 4.15. The molecule has 0 atom stereocenters. The van der Waals surface area contributed by atoms with Crippen molar-refractivity contribution in [2.24, 2.45) is 0 Å². The highest BCUT2D eigenvalue weighted by Crippen LogP contribution is 2.12. The molecule has 1 aromatic carbocycles. The van der Waals surface area contributed by atoms with Crippen LogP contribution in [0.1, 0.15) is 16.3 Å². The van der Waals surface area contributed by atoms with Gasteiger partial charge in [0.05, 0.1) is 12.2 Å². The molecule has 0 saturated heterocycles. The summed E-state index contributed by atoms with van der Waals surface area (Å²) in [7, 11) is -3.87. The third kappa shape index (κ3) is 3.19. The van der Waals surface area contributed by atoms with Gasteiger partial charge < -0.3 is 10.1 Å². The Bertz CT molecular complexity index is 962. The van der Waals surface area contributed by atoms with Gasteiger partial charge in [-0.05, 0) is 18.2 Å². The number of carboxylic acid groups (broad SMARTS) is 1. The van der Waals surface area contributed by atoms with Crippen LogP contribution in [0.3, 0.4) is 0 Å². The number of carboxylic acids is 1. The highest BCUT2D eigenvalue weighted by Gasteiger charge is 2.19. The van der Waals surface area contributed by atoms with Crippen molar-refractivity contribution >= 4 is 16.0 Å². The average Bonchev–Trinajstić information content (AvgIpc) is 3.23. The fourth-order valence-electron chi connectivity index (χ4n) is 2.07. The lowest BCUT2D eigenvalue weighted by molar-refractivity contribution is 0.0691. The summed E-state index contributed by atoms with van der Waals surface area (Å²) in [4.78, 5) is 17.1. The number of carbonyl (C=O) groups is 1. The summed E-state index contributed by atoms with van der Waals surface area (Å²) < 4.78 is 28.4. The first kappa shape index (κ1) is 15.9. The molecular formula is C14H13N5O4S. The van der Waals surface area contributed by atoms with Gasteiger partial charge in [0.2, 0.25) is 10.0 Å². The standard InChI is InChI=1S/C14H13N5O4S/c20-14(21)12-6-11(7-15-12)24(22,23)18-8-13-16-9-17-19(13)10-4-2-1-3-5-10/h1-7,9,15,18H,8H2,(H,20,21). The minimum absolute atomic E-state index is 0.0924. The number of H-pyrrole nitrogens is 1. The number of aromatic amines is 1. The van der Waals surface area contributed by atoms with E-state index in [-0.39, 0.29) is 17.1 Å². The molecule has 2 aromatic heterocycles. The number of benzene rings is 1.